The fourth-order valence-corrected chi connectivity index (χ4v) is 3.27. The van der Waals surface area contributed by atoms with Crippen LogP contribution in [0.3, 0.4) is 0 Å². The van der Waals surface area contributed by atoms with Crippen molar-refractivity contribution in [2.24, 2.45) is 11.6 Å². The minimum atomic E-state index is -0.0384. The summed E-state index contributed by atoms with van der Waals surface area (Å²) < 4.78 is 1.90. The van der Waals surface area contributed by atoms with Crippen LogP contribution in [0, 0.1) is 0 Å². The number of pyridine rings is 2. The van der Waals surface area contributed by atoms with Crippen molar-refractivity contribution in [2.45, 2.75) is 20.5 Å². The van der Waals surface area contributed by atoms with Crippen LogP contribution in [0.15, 0.2) is 60.9 Å². The summed E-state index contributed by atoms with van der Waals surface area (Å²) in [5, 5.41) is 10.8. The monoisotopic (exact) mass is 432 g/mol. The summed E-state index contributed by atoms with van der Waals surface area (Å²) in [7, 11) is 1.69. The Kier molecular flexibility index (Phi) is 7.04. The predicted octanol–water partition coefficient (Wildman–Crippen LogP) is 2.65. The summed E-state index contributed by atoms with van der Waals surface area (Å²) in [6.07, 6.45) is 3.04. The molecule has 3 heterocycles. The number of nitrogens with zero attached hydrogens (tertiary/aromatic N) is 5. The Balaban J connectivity index is 0.00000141. The minimum absolute atomic E-state index is 0.0384. The number of fused-ring (bicyclic) bond motifs is 1. The molecule has 0 unspecified atom stereocenters. The van der Waals surface area contributed by atoms with Crippen molar-refractivity contribution in [3.63, 3.8) is 0 Å². The zero-order chi connectivity index (χ0) is 23.3. The van der Waals surface area contributed by atoms with Crippen molar-refractivity contribution in [2.75, 3.05) is 12.8 Å². The van der Waals surface area contributed by atoms with Gasteiger partial charge in [0.05, 0.1) is 23.6 Å². The molecule has 0 bridgehead atoms. The van der Waals surface area contributed by atoms with Gasteiger partial charge in [0, 0.05) is 25.1 Å². The normalized spacial score (nSPS) is 11.2. The van der Waals surface area contributed by atoms with Crippen LogP contribution in [-0.4, -0.2) is 36.7 Å². The average molecular weight is 433 g/mol. The summed E-state index contributed by atoms with van der Waals surface area (Å²) in [4.78, 5) is 13.7. The van der Waals surface area contributed by atoms with E-state index in [1.165, 1.54) is 11.2 Å². The lowest BCUT2D eigenvalue weighted by atomic mass is 10.2. The number of nitrogen functional groups attached to an aromatic ring is 1. The molecule has 0 amide bonds. The molecule has 3 aromatic heterocycles. The highest BCUT2D eigenvalue weighted by Gasteiger charge is 2.19. The van der Waals surface area contributed by atoms with Crippen molar-refractivity contribution >= 4 is 22.7 Å². The third-order valence-corrected chi connectivity index (χ3v) is 4.76. The fourth-order valence-electron chi connectivity index (χ4n) is 3.27. The number of aliphatic hydroxyl groups is 1. The fraction of sp³-hybridized carbons (Fsp3) is 0.174. The van der Waals surface area contributed by atoms with Crippen LogP contribution in [-0.2, 0) is 6.61 Å². The first-order valence-corrected chi connectivity index (χ1v) is 10.2. The van der Waals surface area contributed by atoms with E-state index in [1.54, 1.807) is 13.2 Å². The highest BCUT2D eigenvalue weighted by Crippen LogP contribution is 2.31. The van der Waals surface area contributed by atoms with Crippen molar-refractivity contribution in [1.29, 1.82) is 0 Å². The van der Waals surface area contributed by atoms with Gasteiger partial charge in [-0.25, -0.2) is 20.8 Å². The molecule has 0 aliphatic carbocycles. The maximum absolute atomic E-state index is 9.39. The van der Waals surface area contributed by atoms with Crippen LogP contribution >= 0.6 is 0 Å². The second kappa shape index (κ2) is 9.90. The van der Waals surface area contributed by atoms with E-state index in [1.807, 2.05) is 66.9 Å². The van der Waals surface area contributed by atoms with Gasteiger partial charge >= 0.3 is 0 Å². The van der Waals surface area contributed by atoms with Gasteiger partial charge in [-0.3, -0.25) is 4.57 Å². The lowest BCUT2D eigenvalue weighted by Crippen LogP contribution is -2.25. The van der Waals surface area contributed by atoms with E-state index in [4.69, 9.17) is 27.3 Å². The predicted molar refractivity (Wildman–Crippen MR) is 128 cm³/mol. The molecule has 0 aliphatic rings. The van der Waals surface area contributed by atoms with Crippen molar-refractivity contribution < 1.29 is 5.11 Å². The molecule has 0 saturated carbocycles. The van der Waals surface area contributed by atoms with E-state index in [0.717, 1.165) is 11.3 Å². The summed E-state index contributed by atoms with van der Waals surface area (Å²) in [5.74, 6) is 6.87. The van der Waals surface area contributed by atoms with E-state index in [2.05, 4.69) is 4.98 Å². The molecule has 9 nitrogen and oxygen atoms in total. The Morgan fingerprint density at radius 3 is 2.41 bits per heavy atom. The molecule has 9 heteroatoms. The molecule has 0 radical (unpaired) electrons. The number of imidazole rings is 1. The summed E-state index contributed by atoms with van der Waals surface area (Å²) in [6.45, 7) is 3.96. The maximum atomic E-state index is 9.39. The molecule has 4 aromatic rings. The van der Waals surface area contributed by atoms with E-state index < -0.39 is 0 Å². The number of hydrogen-bond acceptors (Lipinski definition) is 8. The Bertz CT molecular complexity index is 1230. The van der Waals surface area contributed by atoms with Crippen LogP contribution in [0.25, 0.3) is 33.9 Å². The van der Waals surface area contributed by atoms with Gasteiger partial charge in [-0.2, -0.15) is 0 Å². The van der Waals surface area contributed by atoms with Gasteiger partial charge < -0.3 is 21.6 Å². The largest absolute Gasteiger partial charge is 0.403 e. The molecule has 0 saturated heterocycles. The van der Waals surface area contributed by atoms with Crippen LogP contribution in [0.1, 0.15) is 25.1 Å². The third kappa shape index (κ3) is 4.25. The molecule has 0 atom stereocenters. The van der Waals surface area contributed by atoms with E-state index in [0.29, 0.717) is 39.8 Å². The summed E-state index contributed by atoms with van der Waals surface area (Å²) in [5.41, 5.74) is 16.7. The average Bonchev–Trinajstić information content (AvgIpc) is 3.19. The third-order valence-electron chi connectivity index (χ3n) is 4.76. The van der Waals surface area contributed by atoms with Gasteiger partial charge in [-0.15, -0.1) is 0 Å². The number of anilines is 1. The Morgan fingerprint density at radius 1 is 1.09 bits per heavy atom. The topological polar surface area (TPSA) is 145 Å². The molecule has 1 aromatic carbocycles. The van der Waals surface area contributed by atoms with Gasteiger partial charge in [-0.1, -0.05) is 26.0 Å². The quantitative estimate of drug-likeness (QED) is 0.278. The second-order valence-electron chi connectivity index (χ2n) is 6.73. The molecule has 0 fully saturated rings. The molecule has 0 aliphatic heterocycles. The second-order valence-corrected chi connectivity index (χ2v) is 6.73. The Hall–Kier alpha value is -3.95. The number of aliphatic hydroxyl groups excluding tert-OH is 1. The van der Waals surface area contributed by atoms with Gasteiger partial charge in [0.15, 0.2) is 11.5 Å². The van der Waals surface area contributed by atoms with Crippen molar-refractivity contribution in [3.8, 4) is 17.1 Å². The molecule has 166 valence electrons. The SMILES string of the molecule is CC.CN(N)/C(=C\N)c1ccc2nc(-c3cccnc3N)n(-c3ccc(CO)cc3)c2n1. The van der Waals surface area contributed by atoms with Crippen LogP contribution in [0.5, 0.6) is 0 Å². The van der Waals surface area contributed by atoms with Crippen molar-refractivity contribution in [1.82, 2.24) is 24.5 Å². The highest BCUT2D eigenvalue weighted by atomic mass is 16.3. The smallest absolute Gasteiger partial charge is 0.165 e. The number of rotatable bonds is 5. The standard InChI is InChI=1S/C21H22N8O.C2H6/c1-28(24)18(11-22)16-8-9-17-21(26-16)29(14-6-4-13(12-30)5-7-14)20(27-17)15-3-2-10-25-19(15)23;1-2/h2-11,30H,12,22,24H2,1H3,(H2,23,25);1-2H3/b18-11-;. The minimum Gasteiger partial charge on any atom is -0.403 e. The number of benzene rings is 1. The number of hydrogen-bond donors (Lipinski definition) is 4. The maximum Gasteiger partial charge on any atom is 0.165 e. The van der Waals surface area contributed by atoms with Gasteiger partial charge in [-0.05, 0) is 42.0 Å². The van der Waals surface area contributed by atoms with E-state index in [-0.39, 0.29) is 6.61 Å². The molecular formula is C23H28N8O. The molecule has 7 N–H and O–H groups in total. The Labute approximate surface area is 186 Å². The van der Waals surface area contributed by atoms with Gasteiger partial charge in [0.1, 0.15) is 11.3 Å². The van der Waals surface area contributed by atoms with E-state index >= 15 is 0 Å². The first kappa shape index (κ1) is 22.7. The number of hydrazine groups is 1. The number of aromatic nitrogens is 4. The first-order valence-electron chi connectivity index (χ1n) is 10.2. The lowest BCUT2D eigenvalue weighted by molar-refractivity contribution is 0.282. The van der Waals surface area contributed by atoms with Crippen LogP contribution < -0.4 is 17.3 Å². The molecule has 32 heavy (non-hydrogen) atoms. The molecule has 0 spiro atoms. The van der Waals surface area contributed by atoms with Crippen LogP contribution in [0.4, 0.5) is 5.82 Å². The number of nitrogens with two attached hydrogens (primary N) is 3. The van der Waals surface area contributed by atoms with Gasteiger partial charge in [0.2, 0.25) is 0 Å². The lowest BCUT2D eigenvalue weighted by Gasteiger charge is -2.16. The Morgan fingerprint density at radius 2 is 1.81 bits per heavy atom. The van der Waals surface area contributed by atoms with Gasteiger partial charge in [0.25, 0.3) is 0 Å². The van der Waals surface area contributed by atoms with E-state index in [9.17, 15) is 5.11 Å². The molecular weight excluding hydrogens is 404 g/mol. The zero-order valence-electron chi connectivity index (χ0n) is 18.4. The first-order chi connectivity index (χ1) is 15.5. The summed E-state index contributed by atoms with van der Waals surface area (Å²) >= 11 is 0. The van der Waals surface area contributed by atoms with Crippen molar-refractivity contribution in [3.05, 3.63) is 72.2 Å². The summed E-state index contributed by atoms with van der Waals surface area (Å²) in [6, 6.07) is 14.8. The zero-order valence-corrected chi connectivity index (χ0v) is 18.4. The molecule has 4 rings (SSSR count). The highest BCUT2D eigenvalue weighted by molar-refractivity contribution is 5.84. The van der Waals surface area contributed by atoms with Crippen LogP contribution in [0.2, 0.25) is 0 Å².